The number of fused-ring (bicyclic) bond motifs is 1. The fourth-order valence-electron chi connectivity index (χ4n) is 2.98. The third-order valence-electron chi connectivity index (χ3n) is 4.63. The molecule has 5 nitrogen and oxygen atoms in total. The highest BCUT2D eigenvalue weighted by molar-refractivity contribution is 7.99. The van der Waals surface area contributed by atoms with Crippen LogP contribution in [0.4, 0.5) is 0 Å². The summed E-state index contributed by atoms with van der Waals surface area (Å²) in [6, 6.07) is 5.95. The number of rotatable bonds is 6. The first-order valence-corrected chi connectivity index (χ1v) is 9.63. The number of hydrogen-bond donors (Lipinski definition) is 2. The molecular weight excluding hydrogens is 360 g/mol. The predicted octanol–water partition coefficient (Wildman–Crippen LogP) is 2.87. The van der Waals surface area contributed by atoms with Crippen LogP contribution in [0.2, 0.25) is 0 Å². The molecule has 0 radical (unpaired) electrons. The molecule has 3 rings (SSSR count). The lowest BCUT2D eigenvalue weighted by Crippen LogP contribution is -2.42. The first-order chi connectivity index (χ1) is 11.6. The van der Waals surface area contributed by atoms with Crippen LogP contribution in [0.1, 0.15) is 26.2 Å². The van der Waals surface area contributed by atoms with Crippen molar-refractivity contribution in [3.8, 4) is 11.5 Å². The van der Waals surface area contributed by atoms with E-state index in [2.05, 4.69) is 17.6 Å². The van der Waals surface area contributed by atoms with E-state index in [0.29, 0.717) is 19.6 Å². The summed E-state index contributed by atoms with van der Waals surface area (Å²) in [6.45, 7) is 6.34. The smallest absolute Gasteiger partial charge is 0.220 e. The Morgan fingerprint density at radius 3 is 2.72 bits per heavy atom. The van der Waals surface area contributed by atoms with Crippen molar-refractivity contribution in [3.63, 3.8) is 0 Å². The van der Waals surface area contributed by atoms with Crippen molar-refractivity contribution in [2.24, 2.45) is 5.41 Å². The van der Waals surface area contributed by atoms with Gasteiger partial charge in [-0.2, -0.15) is 0 Å². The van der Waals surface area contributed by atoms with Crippen LogP contribution < -0.4 is 20.1 Å². The third-order valence-corrected chi connectivity index (χ3v) is 5.63. The van der Waals surface area contributed by atoms with Gasteiger partial charge < -0.3 is 20.1 Å². The SMILES string of the molecule is CC1(CNC(=O)CCSc2ccc3c(c2)OCCO3)CCNCC1.Cl. The molecule has 0 atom stereocenters. The molecule has 1 saturated heterocycles. The van der Waals surface area contributed by atoms with Crippen molar-refractivity contribution < 1.29 is 14.3 Å². The quantitative estimate of drug-likeness (QED) is 0.736. The molecule has 1 aromatic carbocycles. The topological polar surface area (TPSA) is 59.6 Å². The van der Waals surface area contributed by atoms with E-state index in [1.54, 1.807) is 11.8 Å². The Kier molecular flexibility index (Phi) is 7.72. The molecule has 2 aliphatic heterocycles. The summed E-state index contributed by atoms with van der Waals surface area (Å²) in [5.74, 6) is 2.51. The first-order valence-electron chi connectivity index (χ1n) is 8.65. The van der Waals surface area contributed by atoms with Gasteiger partial charge in [-0.3, -0.25) is 4.79 Å². The highest BCUT2D eigenvalue weighted by Crippen LogP contribution is 2.34. The second kappa shape index (κ2) is 9.55. The highest BCUT2D eigenvalue weighted by Gasteiger charge is 2.26. The van der Waals surface area contributed by atoms with Crippen LogP contribution in [-0.2, 0) is 4.79 Å². The van der Waals surface area contributed by atoms with Gasteiger partial charge in [0.1, 0.15) is 13.2 Å². The standard InChI is InChI=1S/C18H26N2O3S.ClH/c1-18(5-7-19-8-6-18)13-20-17(21)4-11-24-14-2-3-15-16(12-14)23-10-9-22-15;/h2-3,12,19H,4-11,13H2,1H3,(H,20,21);1H. The maximum atomic E-state index is 12.1. The van der Waals surface area contributed by atoms with Crippen molar-refractivity contribution in [2.45, 2.75) is 31.1 Å². The van der Waals surface area contributed by atoms with Crippen LogP contribution in [0.25, 0.3) is 0 Å². The van der Waals surface area contributed by atoms with E-state index in [9.17, 15) is 4.79 Å². The van der Waals surface area contributed by atoms with E-state index in [0.717, 1.165) is 54.6 Å². The first kappa shape index (κ1) is 20.2. The zero-order chi connectivity index (χ0) is 16.8. The lowest BCUT2D eigenvalue weighted by atomic mass is 9.81. The predicted molar refractivity (Wildman–Crippen MR) is 103 cm³/mol. The minimum absolute atomic E-state index is 0. The van der Waals surface area contributed by atoms with Crippen molar-refractivity contribution >= 4 is 30.1 Å². The molecule has 0 spiro atoms. The fraction of sp³-hybridized carbons (Fsp3) is 0.611. The molecule has 0 saturated carbocycles. The number of thioether (sulfide) groups is 1. The second-order valence-corrected chi connectivity index (χ2v) is 7.91. The fourth-order valence-corrected chi connectivity index (χ4v) is 3.86. The molecule has 0 unspecified atom stereocenters. The van der Waals surface area contributed by atoms with Crippen molar-refractivity contribution in [1.29, 1.82) is 0 Å². The summed E-state index contributed by atoms with van der Waals surface area (Å²) < 4.78 is 11.1. The summed E-state index contributed by atoms with van der Waals surface area (Å²) in [5.41, 5.74) is 0.240. The summed E-state index contributed by atoms with van der Waals surface area (Å²) in [5, 5.41) is 6.47. The summed E-state index contributed by atoms with van der Waals surface area (Å²) in [4.78, 5) is 13.2. The number of hydrogen-bond acceptors (Lipinski definition) is 5. The van der Waals surface area contributed by atoms with Crippen LogP contribution in [0, 0.1) is 5.41 Å². The summed E-state index contributed by atoms with van der Waals surface area (Å²) >= 11 is 1.68. The molecule has 25 heavy (non-hydrogen) atoms. The van der Waals surface area contributed by atoms with Crippen LogP contribution in [-0.4, -0.2) is 44.5 Å². The molecule has 1 fully saturated rings. The van der Waals surface area contributed by atoms with Gasteiger partial charge in [0.25, 0.3) is 0 Å². The Balaban J connectivity index is 0.00000225. The van der Waals surface area contributed by atoms with Crippen LogP contribution in [0.3, 0.4) is 0 Å². The Hall–Kier alpha value is -1.11. The molecule has 0 aliphatic carbocycles. The third kappa shape index (κ3) is 5.97. The molecule has 0 aromatic heterocycles. The van der Waals surface area contributed by atoms with Gasteiger partial charge in [-0.05, 0) is 49.5 Å². The van der Waals surface area contributed by atoms with Crippen LogP contribution in [0.5, 0.6) is 11.5 Å². The van der Waals surface area contributed by atoms with E-state index in [4.69, 9.17) is 9.47 Å². The van der Waals surface area contributed by atoms with Gasteiger partial charge in [0.2, 0.25) is 5.91 Å². The number of carbonyl (C=O) groups is 1. The van der Waals surface area contributed by atoms with Gasteiger partial charge in [0.15, 0.2) is 11.5 Å². The molecule has 7 heteroatoms. The van der Waals surface area contributed by atoms with Crippen LogP contribution >= 0.6 is 24.2 Å². The summed E-state index contributed by atoms with van der Waals surface area (Å²) in [6.07, 6.45) is 2.78. The summed E-state index contributed by atoms with van der Waals surface area (Å²) in [7, 11) is 0. The van der Waals surface area contributed by atoms with Gasteiger partial charge in [0, 0.05) is 23.6 Å². The van der Waals surface area contributed by atoms with E-state index in [-0.39, 0.29) is 23.7 Å². The van der Waals surface area contributed by atoms with E-state index in [1.165, 1.54) is 0 Å². The number of halogens is 1. The Labute approximate surface area is 160 Å². The Morgan fingerprint density at radius 1 is 1.24 bits per heavy atom. The normalized spacial score (nSPS) is 18.1. The highest BCUT2D eigenvalue weighted by atomic mass is 35.5. The van der Waals surface area contributed by atoms with Gasteiger partial charge in [-0.25, -0.2) is 0 Å². The molecule has 140 valence electrons. The second-order valence-electron chi connectivity index (χ2n) is 6.74. The average molecular weight is 387 g/mol. The maximum Gasteiger partial charge on any atom is 0.220 e. The average Bonchev–Trinajstić information content (AvgIpc) is 2.61. The molecule has 1 amide bonds. The molecule has 1 aromatic rings. The van der Waals surface area contributed by atoms with Crippen molar-refractivity contribution in [2.75, 3.05) is 38.6 Å². The zero-order valence-corrected chi connectivity index (χ0v) is 16.3. The lowest BCUT2D eigenvalue weighted by Gasteiger charge is -2.34. The molecule has 2 aliphatic rings. The minimum atomic E-state index is 0. The monoisotopic (exact) mass is 386 g/mol. The zero-order valence-electron chi connectivity index (χ0n) is 14.6. The van der Waals surface area contributed by atoms with Crippen molar-refractivity contribution in [3.05, 3.63) is 18.2 Å². The molecular formula is C18H27ClN2O3S. The largest absolute Gasteiger partial charge is 0.486 e. The number of carbonyl (C=O) groups excluding carboxylic acids is 1. The van der Waals surface area contributed by atoms with Gasteiger partial charge >= 0.3 is 0 Å². The lowest BCUT2D eigenvalue weighted by molar-refractivity contribution is -0.121. The Morgan fingerprint density at radius 2 is 1.96 bits per heavy atom. The van der Waals surface area contributed by atoms with Gasteiger partial charge in [0.05, 0.1) is 0 Å². The molecule has 2 N–H and O–H groups in total. The van der Waals surface area contributed by atoms with Crippen LogP contribution in [0.15, 0.2) is 23.1 Å². The van der Waals surface area contributed by atoms with E-state index in [1.807, 2.05) is 18.2 Å². The van der Waals surface area contributed by atoms with E-state index >= 15 is 0 Å². The molecule has 2 heterocycles. The minimum Gasteiger partial charge on any atom is -0.486 e. The number of ether oxygens (including phenoxy) is 2. The van der Waals surface area contributed by atoms with Crippen molar-refractivity contribution in [1.82, 2.24) is 10.6 Å². The number of benzene rings is 1. The number of amides is 1. The maximum absolute atomic E-state index is 12.1. The van der Waals surface area contributed by atoms with Gasteiger partial charge in [-0.15, -0.1) is 24.2 Å². The van der Waals surface area contributed by atoms with E-state index < -0.39 is 0 Å². The number of piperidine rings is 1. The number of nitrogens with one attached hydrogen (secondary N) is 2. The van der Waals surface area contributed by atoms with Gasteiger partial charge in [-0.1, -0.05) is 6.92 Å². The Bertz CT molecular complexity index is 579. The molecule has 0 bridgehead atoms.